The molecule has 1 aromatic heterocycles. The summed E-state index contributed by atoms with van der Waals surface area (Å²) in [6, 6.07) is 4.62. The molecular formula is C19H24FN5O3S. The molecule has 0 bridgehead atoms. The number of carbonyl (C=O) groups is 1. The van der Waals surface area contributed by atoms with Crippen LogP contribution in [-0.2, 0) is 29.4 Å². The summed E-state index contributed by atoms with van der Waals surface area (Å²) < 4.78 is 43.3. The van der Waals surface area contributed by atoms with Gasteiger partial charge in [-0.3, -0.25) is 9.48 Å². The molecule has 0 unspecified atom stereocenters. The molecule has 10 heteroatoms. The third-order valence-corrected chi connectivity index (χ3v) is 7.47. The molecule has 0 N–H and O–H groups in total. The summed E-state index contributed by atoms with van der Waals surface area (Å²) >= 11 is 0. The van der Waals surface area contributed by atoms with Crippen molar-refractivity contribution in [3.63, 3.8) is 0 Å². The molecule has 4 rings (SSSR count). The van der Waals surface area contributed by atoms with Gasteiger partial charge in [0.25, 0.3) is 5.91 Å². The van der Waals surface area contributed by atoms with Crippen molar-refractivity contribution in [2.75, 3.05) is 20.6 Å². The number of rotatable bonds is 5. The van der Waals surface area contributed by atoms with Gasteiger partial charge in [-0.1, -0.05) is 11.3 Å². The Morgan fingerprint density at radius 2 is 2.03 bits per heavy atom. The van der Waals surface area contributed by atoms with Crippen LogP contribution >= 0.6 is 0 Å². The third kappa shape index (κ3) is 3.78. The number of sulfonamides is 1. The molecule has 1 aromatic carbocycles. The number of alkyl halides is 1. The maximum absolute atomic E-state index is 14.2. The predicted octanol–water partition coefficient (Wildman–Crippen LogP) is 1.27. The Kier molecular flexibility index (Phi) is 5.16. The average molecular weight is 421 g/mol. The van der Waals surface area contributed by atoms with E-state index < -0.39 is 22.2 Å². The Morgan fingerprint density at radius 3 is 2.79 bits per heavy atom. The number of halogens is 1. The fourth-order valence-corrected chi connectivity index (χ4v) is 5.77. The highest BCUT2D eigenvalue weighted by molar-refractivity contribution is 7.89. The van der Waals surface area contributed by atoms with E-state index in [1.807, 2.05) is 6.07 Å². The number of aromatic nitrogens is 3. The van der Waals surface area contributed by atoms with E-state index in [2.05, 4.69) is 10.3 Å². The molecule has 0 radical (unpaired) electrons. The van der Waals surface area contributed by atoms with Gasteiger partial charge in [-0.15, -0.1) is 5.10 Å². The zero-order valence-corrected chi connectivity index (χ0v) is 17.3. The fraction of sp³-hybridized carbons (Fsp3) is 0.526. The number of hydrogen-bond donors (Lipinski definition) is 0. The van der Waals surface area contributed by atoms with Crippen molar-refractivity contribution in [2.45, 2.75) is 49.3 Å². The molecule has 1 fully saturated rings. The molecule has 2 heterocycles. The van der Waals surface area contributed by atoms with E-state index in [9.17, 15) is 17.6 Å². The number of carbonyl (C=O) groups excluding carboxylic acids is 1. The minimum atomic E-state index is -3.83. The minimum Gasteiger partial charge on any atom is -0.343 e. The Bertz CT molecular complexity index is 1040. The lowest BCUT2D eigenvalue weighted by Crippen LogP contribution is -2.38. The van der Waals surface area contributed by atoms with Gasteiger partial charge in [0, 0.05) is 26.7 Å². The van der Waals surface area contributed by atoms with E-state index in [1.165, 1.54) is 25.6 Å². The first kappa shape index (κ1) is 20.0. The van der Waals surface area contributed by atoms with Gasteiger partial charge in [0.15, 0.2) is 5.69 Å². The molecule has 1 aliphatic carbocycles. The van der Waals surface area contributed by atoms with E-state index in [-0.39, 0.29) is 36.0 Å². The van der Waals surface area contributed by atoms with Crippen LogP contribution in [-0.4, -0.2) is 71.4 Å². The predicted molar refractivity (Wildman–Crippen MR) is 104 cm³/mol. The van der Waals surface area contributed by atoms with Crippen molar-refractivity contribution in [1.82, 2.24) is 24.2 Å². The van der Waals surface area contributed by atoms with Crippen LogP contribution in [0.3, 0.4) is 0 Å². The summed E-state index contributed by atoms with van der Waals surface area (Å²) in [5.74, 6) is -0.298. The Hall–Kier alpha value is -2.33. The van der Waals surface area contributed by atoms with Crippen LogP contribution < -0.4 is 0 Å². The summed E-state index contributed by atoms with van der Waals surface area (Å²) in [5, 5.41) is 7.76. The molecule has 2 atom stereocenters. The van der Waals surface area contributed by atoms with Gasteiger partial charge in [0.1, 0.15) is 6.17 Å². The zero-order valence-electron chi connectivity index (χ0n) is 16.5. The molecule has 2 aromatic rings. The second-order valence-electron chi connectivity index (χ2n) is 7.87. The van der Waals surface area contributed by atoms with Crippen molar-refractivity contribution in [3.05, 3.63) is 41.2 Å². The number of hydrogen-bond acceptors (Lipinski definition) is 5. The maximum Gasteiger partial charge on any atom is 0.275 e. The first-order chi connectivity index (χ1) is 13.8. The second-order valence-corrected chi connectivity index (χ2v) is 9.76. The molecule has 1 saturated heterocycles. The number of nitrogens with zero attached hydrogens (tertiary/aromatic N) is 5. The van der Waals surface area contributed by atoms with E-state index in [4.69, 9.17) is 0 Å². The molecule has 1 amide bonds. The van der Waals surface area contributed by atoms with Crippen LogP contribution in [0.5, 0.6) is 0 Å². The highest BCUT2D eigenvalue weighted by atomic mass is 32.2. The van der Waals surface area contributed by atoms with E-state index >= 15 is 0 Å². The van der Waals surface area contributed by atoms with E-state index in [0.29, 0.717) is 0 Å². The number of fused-ring (bicyclic) bond motifs is 1. The monoisotopic (exact) mass is 421 g/mol. The normalized spacial score (nSPS) is 22.0. The number of benzene rings is 1. The average Bonchev–Trinajstić information content (AvgIpc) is 3.40. The zero-order chi connectivity index (χ0) is 20.8. The smallest absolute Gasteiger partial charge is 0.275 e. The molecule has 8 nitrogen and oxygen atoms in total. The van der Waals surface area contributed by atoms with Crippen molar-refractivity contribution in [3.8, 4) is 0 Å². The first-order valence-electron chi connectivity index (χ1n) is 9.65. The van der Waals surface area contributed by atoms with Gasteiger partial charge in [-0.2, -0.15) is 4.31 Å². The van der Waals surface area contributed by atoms with Gasteiger partial charge < -0.3 is 4.90 Å². The van der Waals surface area contributed by atoms with E-state index in [0.717, 1.165) is 24.8 Å². The van der Waals surface area contributed by atoms with Crippen LogP contribution in [0.2, 0.25) is 0 Å². The third-order valence-electron chi connectivity index (χ3n) is 5.55. The lowest BCUT2D eigenvalue weighted by molar-refractivity contribution is 0.0822. The molecular weight excluding hydrogens is 397 g/mol. The van der Waals surface area contributed by atoms with Gasteiger partial charge in [-0.05, 0) is 48.9 Å². The molecule has 29 heavy (non-hydrogen) atoms. The van der Waals surface area contributed by atoms with Crippen LogP contribution in [0.1, 0.15) is 34.5 Å². The molecule has 2 aliphatic rings. The standard InChI is InChI=1S/C19H24FN5O3S/c1-23(2)19(26)18-12-24(22-21-18)11-16-9-15(20)10-25(16)29(27,28)17-7-6-13-4-3-5-14(13)8-17/h6-8,12,15-16H,3-5,9-11H2,1-2H3/t15-,16-/m0/s1. The van der Waals surface area contributed by atoms with Gasteiger partial charge in [0.2, 0.25) is 10.0 Å². The SMILES string of the molecule is CN(C)C(=O)c1cn(C[C@@H]2C[C@H](F)CN2S(=O)(=O)c2ccc3c(c2)CCC3)nn1. The minimum absolute atomic E-state index is 0.0843. The van der Waals surface area contributed by atoms with Gasteiger partial charge in [0.05, 0.1) is 17.6 Å². The number of aryl methyl sites for hydroxylation is 2. The molecule has 156 valence electrons. The summed E-state index contributed by atoms with van der Waals surface area (Å²) in [5.41, 5.74) is 2.41. The Morgan fingerprint density at radius 1 is 1.28 bits per heavy atom. The topological polar surface area (TPSA) is 88.4 Å². The first-order valence-corrected chi connectivity index (χ1v) is 11.1. The quantitative estimate of drug-likeness (QED) is 0.726. The van der Waals surface area contributed by atoms with Gasteiger partial charge >= 0.3 is 0 Å². The van der Waals surface area contributed by atoms with E-state index in [1.54, 1.807) is 26.2 Å². The van der Waals surface area contributed by atoms with Gasteiger partial charge in [-0.25, -0.2) is 12.8 Å². The second kappa shape index (κ2) is 7.49. The summed E-state index contributed by atoms with van der Waals surface area (Å²) in [6.07, 6.45) is 3.17. The highest BCUT2D eigenvalue weighted by Gasteiger charge is 2.41. The molecule has 0 saturated carbocycles. The van der Waals surface area contributed by atoms with Crippen LogP contribution in [0, 0.1) is 0 Å². The van der Waals surface area contributed by atoms with Crippen LogP contribution in [0.15, 0.2) is 29.3 Å². The van der Waals surface area contributed by atoms with Crippen molar-refractivity contribution < 1.29 is 17.6 Å². The van der Waals surface area contributed by atoms with Crippen molar-refractivity contribution in [2.24, 2.45) is 0 Å². The lowest BCUT2D eigenvalue weighted by atomic mass is 10.1. The largest absolute Gasteiger partial charge is 0.343 e. The molecule has 1 aliphatic heterocycles. The number of amides is 1. The van der Waals surface area contributed by atoms with Crippen molar-refractivity contribution >= 4 is 15.9 Å². The maximum atomic E-state index is 14.2. The Balaban J connectivity index is 1.57. The summed E-state index contributed by atoms with van der Waals surface area (Å²) in [4.78, 5) is 13.6. The van der Waals surface area contributed by atoms with Crippen LogP contribution in [0.4, 0.5) is 4.39 Å². The fourth-order valence-electron chi connectivity index (χ4n) is 4.07. The molecule has 0 spiro atoms. The van der Waals surface area contributed by atoms with Crippen molar-refractivity contribution in [1.29, 1.82) is 0 Å². The summed E-state index contributed by atoms with van der Waals surface area (Å²) in [6.45, 7) is -0.0411. The lowest BCUT2D eigenvalue weighted by Gasteiger charge is -2.23. The summed E-state index contributed by atoms with van der Waals surface area (Å²) in [7, 11) is -0.613. The highest BCUT2D eigenvalue weighted by Crippen LogP contribution is 2.31. The Labute approximate surface area is 169 Å². The van der Waals surface area contributed by atoms with Crippen LogP contribution in [0.25, 0.3) is 0 Å².